The molecule has 6 rings (SSSR count). The molecule has 4 bridgehead atoms. The van der Waals surface area contributed by atoms with E-state index in [1.165, 1.54) is 6.33 Å². The summed E-state index contributed by atoms with van der Waals surface area (Å²) in [6.45, 7) is 23.6. The number of ketones is 1. The van der Waals surface area contributed by atoms with Crippen molar-refractivity contribution in [1.29, 1.82) is 0 Å². The first kappa shape index (κ1) is 40.6. The number of carbonyl (C=O) groups is 3. The van der Waals surface area contributed by atoms with Crippen molar-refractivity contribution < 1.29 is 33.3 Å². The van der Waals surface area contributed by atoms with Crippen molar-refractivity contribution in [2.45, 2.75) is 122 Å². The summed E-state index contributed by atoms with van der Waals surface area (Å²) in [6, 6.07) is 15.5. The van der Waals surface area contributed by atoms with Gasteiger partial charge < -0.3 is 9.47 Å². The molecule has 4 atom stereocenters. The molecule has 1 amide bonds. The van der Waals surface area contributed by atoms with Crippen molar-refractivity contribution in [3.05, 3.63) is 83.9 Å². The number of benzene rings is 2. The van der Waals surface area contributed by atoms with Crippen molar-refractivity contribution in [2.75, 3.05) is 11.5 Å². The molecular weight excluding hydrogens is 731 g/mol. The second kappa shape index (κ2) is 15.8. The van der Waals surface area contributed by atoms with Crippen LogP contribution in [0.5, 0.6) is 0 Å². The summed E-state index contributed by atoms with van der Waals surface area (Å²) in [5.74, 6) is -2.06. The van der Waals surface area contributed by atoms with Gasteiger partial charge in [-0.15, -0.1) is 0 Å². The van der Waals surface area contributed by atoms with Gasteiger partial charge in [0.05, 0.1) is 31.7 Å². The highest BCUT2D eigenvalue weighted by molar-refractivity contribution is 7.32. The number of nitrogens with zero attached hydrogens (tertiary/aromatic N) is 5. The molecule has 4 aromatic rings. The molecule has 4 heterocycles. The average Bonchev–Trinajstić information content (AvgIpc) is 3.72. The van der Waals surface area contributed by atoms with Gasteiger partial charge in [-0.25, -0.2) is 24.6 Å². The Morgan fingerprint density at radius 3 is 2.09 bits per heavy atom. The number of carbonyl (C=O) groups excluding carboxylic acids is 3. The smallest absolute Gasteiger partial charge is 0.338 e. The van der Waals surface area contributed by atoms with Gasteiger partial charge in [-0.1, -0.05) is 103 Å². The summed E-state index contributed by atoms with van der Waals surface area (Å²) < 4.78 is 21.5. The third kappa shape index (κ3) is 7.34. The minimum atomic E-state index is -2.69. The van der Waals surface area contributed by atoms with Crippen molar-refractivity contribution in [2.24, 2.45) is 5.92 Å². The fourth-order valence-corrected chi connectivity index (χ4v) is 27.7. The van der Waals surface area contributed by atoms with Crippen LogP contribution in [0.3, 0.4) is 0 Å². The van der Waals surface area contributed by atoms with Crippen LogP contribution >= 0.6 is 0 Å². The molecule has 2 aliphatic heterocycles. The zero-order chi connectivity index (χ0) is 40.0. The molecule has 55 heavy (non-hydrogen) atoms. The van der Waals surface area contributed by atoms with Crippen molar-refractivity contribution >= 4 is 50.8 Å². The molecule has 12 nitrogen and oxygen atoms in total. The molecule has 2 aromatic carbocycles. The maximum atomic E-state index is 15.3. The predicted octanol–water partition coefficient (Wildman–Crippen LogP) is 8.05. The average molecular weight is 786 g/mol. The third-order valence-corrected chi connectivity index (χ3v) is 30.5. The molecule has 0 unspecified atom stereocenters. The van der Waals surface area contributed by atoms with Gasteiger partial charge in [0, 0.05) is 11.1 Å². The number of Topliss-reactive ketones (excluding diaryl/α,β-unsaturated/α-hetero) is 1. The molecule has 0 radical (unpaired) electrons. The number of ether oxygens (including phenoxy) is 2. The molecule has 1 saturated heterocycles. The number of anilines is 1. The molecular formula is C41H55N5O7Si2. The number of fused-ring (bicyclic) bond motifs is 3. The van der Waals surface area contributed by atoms with Crippen LogP contribution in [0.1, 0.15) is 113 Å². The minimum absolute atomic E-state index is 0.208. The predicted molar refractivity (Wildman–Crippen MR) is 216 cm³/mol. The second-order valence-electron chi connectivity index (χ2n) is 17.1. The van der Waals surface area contributed by atoms with Crippen molar-refractivity contribution in [1.82, 2.24) is 19.5 Å². The number of aromatic nitrogens is 4. The van der Waals surface area contributed by atoms with E-state index in [2.05, 4.69) is 65.4 Å². The van der Waals surface area contributed by atoms with Crippen LogP contribution in [0.4, 0.5) is 5.82 Å². The van der Waals surface area contributed by atoms with Gasteiger partial charge in [0.1, 0.15) is 31.4 Å². The Bertz CT molecular complexity index is 2010. The first-order valence-electron chi connectivity index (χ1n) is 19.4. The van der Waals surface area contributed by atoms with Gasteiger partial charge in [-0.2, -0.15) is 0 Å². The van der Waals surface area contributed by atoms with Gasteiger partial charge in [-0.05, 0) is 50.1 Å². The highest BCUT2D eigenvalue weighted by Gasteiger charge is 2.57. The van der Waals surface area contributed by atoms with Crippen LogP contribution < -0.4 is 4.90 Å². The molecule has 0 aliphatic carbocycles. The summed E-state index contributed by atoms with van der Waals surface area (Å²) >= 11 is 0. The lowest BCUT2D eigenvalue weighted by Crippen LogP contribution is -2.61. The van der Waals surface area contributed by atoms with Gasteiger partial charge in [-0.3, -0.25) is 23.6 Å². The monoisotopic (exact) mass is 785 g/mol. The Balaban J connectivity index is 1.54. The number of esters is 1. The highest BCUT2D eigenvalue weighted by Crippen LogP contribution is 2.47. The van der Waals surface area contributed by atoms with Gasteiger partial charge in [0.25, 0.3) is 5.91 Å². The van der Waals surface area contributed by atoms with E-state index in [0.717, 1.165) is 0 Å². The van der Waals surface area contributed by atoms with E-state index in [-0.39, 0.29) is 34.6 Å². The third-order valence-electron chi connectivity index (χ3n) is 11.2. The molecule has 0 saturated carbocycles. The summed E-state index contributed by atoms with van der Waals surface area (Å²) in [5.41, 5.74) is 2.10. The zero-order valence-electron chi connectivity index (χ0n) is 33.8. The molecule has 1 fully saturated rings. The van der Waals surface area contributed by atoms with Gasteiger partial charge in [0.2, 0.25) is 7.83 Å². The number of amides is 1. The normalized spacial score (nSPS) is 20.6. The largest absolute Gasteiger partial charge is 0.459 e. The molecule has 0 spiro atoms. The van der Waals surface area contributed by atoms with Crippen molar-refractivity contribution in [3.63, 3.8) is 0 Å². The van der Waals surface area contributed by atoms with E-state index < -0.39 is 57.9 Å². The molecule has 0 N–H and O–H groups in total. The first-order chi connectivity index (χ1) is 26.0. The fraction of sp³-hybridized carbons (Fsp3) is 0.512. The van der Waals surface area contributed by atoms with Crippen LogP contribution in [-0.4, -0.2) is 77.7 Å². The lowest BCUT2D eigenvalue weighted by molar-refractivity contribution is -0.271. The lowest BCUT2D eigenvalue weighted by Gasteiger charge is -2.46. The number of rotatable bonds is 11. The SMILES string of the molecule is CC(C)[SiH](C(C)C)[Si](OO[C@H]1[C@H]2C(=O)c3ccccc3C(=O)N(C(C)(C)C)c3ncnc4c3ncn4[C@@H]2O[C@@H]1COC(=O)c1ccccc1)(C(C)C)C(C)C. The molecule has 2 aromatic heterocycles. The van der Waals surface area contributed by atoms with Crippen molar-refractivity contribution in [3.8, 4) is 0 Å². The summed E-state index contributed by atoms with van der Waals surface area (Å²) in [4.78, 5) is 65.7. The summed E-state index contributed by atoms with van der Waals surface area (Å²) in [6.07, 6.45) is -0.0464. The Morgan fingerprint density at radius 2 is 1.49 bits per heavy atom. The highest BCUT2D eigenvalue weighted by atomic mass is 29.2. The van der Waals surface area contributed by atoms with E-state index in [1.54, 1.807) is 64.3 Å². The molecule has 2 aliphatic rings. The number of hydrogen-bond acceptors (Lipinski definition) is 10. The van der Waals surface area contributed by atoms with Crippen LogP contribution in [0.15, 0.2) is 67.3 Å². The topological polar surface area (TPSA) is 135 Å². The zero-order valence-corrected chi connectivity index (χ0v) is 36.0. The number of hydrogen-bond donors (Lipinski definition) is 0. The summed E-state index contributed by atoms with van der Waals surface area (Å²) in [5, 5.41) is 0. The van der Waals surface area contributed by atoms with Crippen LogP contribution in [0.2, 0.25) is 22.2 Å². The van der Waals surface area contributed by atoms with E-state index >= 15 is 4.79 Å². The van der Waals surface area contributed by atoms with Crippen LogP contribution in [-0.2, 0) is 18.9 Å². The molecule has 14 heteroatoms. The first-order valence-corrected chi connectivity index (χ1v) is 24.6. The lowest BCUT2D eigenvalue weighted by atomic mass is 9.88. The maximum Gasteiger partial charge on any atom is 0.338 e. The van der Waals surface area contributed by atoms with Gasteiger partial charge >= 0.3 is 5.97 Å². The summed E-state index contributed by atoms with van der Waals surface area (Å²) in [7, 11) is -4.33. The minimum Gasteiger partial charge on any atom is -0.459 e. The quantitative estimate of drug-likeness (QED) is 0.0636. The Morgan fingerprint density at radius 1 is 0.873 bits per heavy atom. The Kier molecular flexibility index (Phi) is 11.7. The Labute approximate surface area is 326 Å². The van der Waals surface area contributed by atoms with Gasteiger partial charge in [0.15, 0.2) is 22.8 Å². The van der Waals surface area contributed by atoms with E-state index in [4.69, 9.17) is 23.9 Å². The Hall–Kier alpha value is -4.09. The standard InChI is InChI=1S/C41H55N5O7Si2/c1-24(2)54(25(3)4)55(26(5)6,27(7)8)53-52-35-31(21-50-40(49)28-17-13-12-14-18-28)51-39-32(35)34(47)29-19-15-16-20-30(29)38(48)46(41(9,10)11)37-33-36(42-22-43-37)45(39)23-44-33/h12-20,22-27,31-32,35,39,54H,21H2,1-11H3/t31-,32-,35-,39-/m1/s1. The maximum absolute atomic E-state index is 15.3. The van der Waals surface area contributed by atoms with E-state index in [0.29, 0.717) is 33.6 Å². The van der Waals surface area contributed by atoms with Crippen LogP contribution in [0, 0.1) is 5.92 Å². The fourth-order valence-electron chi connectivity index (χ4n) is 9.05. The van der Waals surface area contributed by atoms with E-state index in [1.807, 2.05) is 26.8 Å². The molecule has 294 valence electrons. The number of imidazole rings is 1. The van der Waals surface area contributed by atoms with Crippen LogP contribution in [0.25, 0.3) is 11.2 Å². The van der Waals surface area contributed by atoms with E-state index in [9.17, 15) is 9.59 Å². The second-order valence-corrected chi connectivity index (χ2v) is 29.7.